The minimum atomic E-state index is -0.565. The Morgan fingerprint density at radius 3 is 2.26 bits per heavy atom. The second-order valence-electron chi connectivity index (χ2n) is 5.59. The predicted molar refractivity (Wildman–Crippen MR) is 108 cm³/mol. The molecule has 4 aromatic rings. The van der Waals surface area contributed by atoms with Crippen LogP contribution in [0.15, 0.2) is 66.4 Å². The number of rotatable bonds is 3. The maximum atomic E-state index is 12.0. The normalized spacial score (nSPS) is 10.9. The molecule has 9 heteroatoms. The van der Waals surface area contributed by atoms with Gasteiger partial charge in [-0.1, -0.05) is 47.5 Å². The molecule has 2 aromatic carbocycles. The van der Waals surface area contributed by atoms with Crippen molar-refractivity contribution in [3.63, 3.8) is 0 Å². The van der Waals surface area contributed by atoms with E-state index in [0.29, 0.717) is 21.4 Å². The minimum Gasteiger partial charge on any atom is -0.364 e. The number of amides is 1. The van der Waals surface area contributed by atoms with Gasteiger partial charge in [0.1, 0.15) is 22.5 Å². The number of primary amides is 1. The number of nitrogens with two attached hydrogens (primary N) is 1. The summed E-state index contributed by atoms with van der Waals surface area (Å²) in [6, 6.07) is 14.6. The molecule has 0 atom stereocenters. The lowest BCUT2D eigenvalue weighted by Gasteiger charge is -2.09. The Labute approximate surface area is 168 Å². The van der Waals surface area contributed by atoms with Crippen molar-refractivity contribution in [3.05, 3.63) is 82.2 Å². The first-order valence-electron chi connectivity index (χ1n) is 7.86. The van der Waals surface area contributed by atoms with E-state index >= 15 is 0 Å². The molecule has 0 aliphatic carbocycles. The molecule has 0 aliphatic rings. The SMILES string of the molecule is NC(=O)c1csc2cn(-c3ccccc3Cl)cnn(-c3ccccc3Cl)n12. The number of para-hydroxylation sites is 2. The van der Waals surface area contributed by atoms with E-state index in [1.165, 1.54) is 11.3 Å². The summed E-state index contributed by atoms with van der Waals surface area (Å²) in [7, 11) is 0. The monoisotopic (exact) mass is 417 g/mol. The van der Waals surface area contributed by atoms with Crippen molar-refractivity contribution in [2.45, 2.75) is 0 Å². The lowest BCUT2D eigenvalue weighted by Crippen LogP contribution is -2.19. The van der Waals surface area contributed by atoms with Crippen molar-refractivity contribution in [2.75, 3.05) is 0 Å². The number of aromatic nitrogens is 4. The summed E-state index contributed by atoms with van der Waals surface area (Å²) >= 11 is 14.1. The highest BCUT2D eigenvalue weighted by molar-refractivity contribution is 7.15. The third kappa shape index (κ3) is 3.21. The molecular weight excluding hydrogens is 405 g/mol. The van der Waals surface area contributed by atoms with E-state index in [2.05, 4.69) is 5.10 Å². The summed E-state index contributed by atoms with van der Waals surface area (Å²) < 4.78 is 3.41. The van der Waals surface area contributed by atoms with Crippen LogP contribution < -0.4 is 5.73 Å². The first kappa shape index (κ1) is 17.7. The smallest absolute Gasteiger partial charge is 0.268 e. The Hall–Kier alpha value is -2.74. The van der Waals surface area contributed by atoms with Gasteiger partial charge in [-0.05, 0) is 24.3 Å². The number of hydrogen-bond acceptors (Lipinski definition) is 3. The average molecular weight is 418 g/mol. The molecule has 0 unspecified atom stereocenters. The number of hydrogen-bond donors (Lipinski definition) is 1. The van der Waals surface area contributed by atoms with Crippen molar-refractivity contribution in [2.24, 2.45) is 5.73 Å². The fourth-order valence-electron chi connectivity index (χ4n) is 2.66. The lowest BCUT2D eigenvalue weighted by molar-refractivity contribution is 0.0992. The molecule has 4 rings (SSSR count). The van der Waals surface area contributed by atoms with E-state index in [1.807, 2.05) is 42.6 Å². The molecule has 1 amide bonds. The van der Waals surface area contributed by atoms with Gasteiger partial charge in [0.25, 0.3) is 5.91 Å². The van der Waals surface area contributed by atoms with Crippen LogP contribution >= 0.6 is 34.5 Å². The van der Waals surface area contributed by atoms with Crippen molar-refractivity contribution in [1.29, 1.82) is 0 Å². The third-order valence-corrected chi connectivity index (χ3v) is 5.40. The third-order valence-electron chi connectivity index (χ3n) is 3.90. The molecule has 0 fully saturated rings. The van der Waals surface area contributed by atoms with Gasteiger partial charge in [0, 0.05) is 11.6 Å². The molecule has 6 nitrogen and oxygen atoms in total. The Morgan fingerprint density at radius 2 is 1.63 bits per heavy atom. The topological polar surface area (TPSA) is 70.2 Å². The first-order valence-corrected chi connectivity index (χ1v) is 9.50. The second-order valence-corrected chi connectivity index (χ2v) is 7.30. The summed E-state index contributed by atoms with van der Waals surface area (Å²) in [6.45, 7) is 0. The Bertz CT molecular complexity index is 1200. The summed E-state index contributed by atoms with van der Waals surface area (Å²) in [5, 5.41) is 7.28. The summed E-state index contributed by atoms with van der Waals surface area (Å²) in [5.74, 6) is -0.565. The highest BCUT2D eigenvalue weighted by Crippen LogP contribution is 2.24. The van der Waals surface area contributed by atoms with Gasteiger partial charge in [0.05, 0.1) is 15.7 Å². The van der Waals surface area contributed by atoms with Crippen molar-refractivity contribution >= 4 is 45.3 Å². The molecule has 0 bridgehead atoms. The van der Waals surface area contributed by atoms with Crippen LogP contribution in [-0.2, 0) is 0 Å². The van der Waals surface area contributed by atoms with Crippen LogP contribution in [0.3, 0.4) is 0 Å². The maximum Gasteiger partial charge on any atom is 0.268 e. The zero-order valence-electron chi connectivity index (χ0n) is 13.8. The highest BCUT2D eigenvalue weighted by atomic mass is 35.5. The average Bonchev–Trinajstić information content (AvgIpc) is 2.98. The van der Waals surface area contributed by atoms with E-state index in [1.54, 1.807) is 37.7 Å². The van der Waals surface area contributed by atoms with Gasteiger partial charge in [0.15, 0.2) is 0 Å². The Morgan fingerprint density at radius 1 is 1.00 bits per heavy atom. The maximum absolute atomic E-state index is 12.0. The summed E-state index contributed by atoms with van der Waals surface area (Å²) in [6.07, 6.45) is 3.44. The fraction of sp³-hybridized carbons (Fsp3) is 0. The summed E-state index contributed by atoms with van der Waals surface area (Å²) in [5.41, 5.74) is 7.23. The largest absolute Gasteiger partial charge is 0.364 e. The number of halogens is 2. The van der Waals surface area contributed by atoms with Crippen LogP contribution in [0, 0.1) is 0 Å². The number of carbonyl (C=O) groups is 1. The molecule has 0 saturated carbocycles. The van der Waals surface area contributed by atoms with Gasteiger partial charge >= 0.3 is 0 Å². The number of fused-ring (bicyclic) bond motifs is 1. The number of benzene rings is 2. The molecule has 2 aromatic heterocycles. The number of nitrogens with zero attached hydrogens (tertiary/aromatic N) is 4. The Balaban J connectivity index is 2.10. The van der Waals surface area contributed by atoms with Gasteiger partial charge in [0.2, 0.25) is 0 Å². The van der Waals surface area contributed by atoms with Gasteiger partial charge in [-0.25, -0.2) is 4.52 Å². The zero-order chi connectivity index (χ0) is 19.0. The van der Waals surface area contributed by atoms with E-state index in [9.17, 15) is 4.79 Å². The molecule has 27 heavy (non-hydrogen) atoms. The Kier molecular flexibility index (Phi) is 4.65. The molecule has 0 saturated heterocycles. The van der Waals surface area contributed by atoms with Crippen LogP contribution in [-0.4, -0.2) is 24.9 Å². The quantitative estimate of drug-likeness (QED) is 0.532. The fourth-order valence-corrected chi connectivity index (χ4v) is 4.01. The van der Waals surface area contributed by atoms with Crippen LogP contribution in [0.2, 0.25) is 10.0 Å². The molecule has 136 valence electrons. The molecule has 0 spiro atoms. The highest BCUT2D eigenvalue weighted by Gasteiger charge is 2.14. The van der Waals surface area contributed by atoms with E-state index in [4.69, 9.17) is 28.9 Å². The van der Waals surface area contributed by atoms with Crippen molar-refractivity contribution in [1.82, 2.24) is 19.0 Å². The summed E-state index contributed by atoms with van der Waals surface area (Å²) in [4.78, 5) is 14.2. The van der Waals surface area contributed by atoms with Gasteiger partial charge < -0.3 is 10.3 Å². The number of thiazole rings is 1. The van der Waals surface area contributed by atoms with Crippen molar-refractivity contribution in [3.8, 4) is 11.4 Å². The van der Waals surface area contributed by atoms with Gasteiger partial charge in [-0.15, -0.1) is 16.4 Å². The van der Waals surface area contributed by atoms with Crippen LogP contribution in [0.1, 0.15) is 10.5 Å². The molecule has 0 radical (unpaired) electrons. The minimum absolute atomic E-state index is 0.296. The van der Waals surface area contributed by atoms with Crippen molar-refractivity contribution < 1.29 is 4.79 Å². The van der Waals surface area contributed by atoms with Crippen LogP contribution in [0.4, 0.5) is 0 Å². The van der Waals surface area contributed by atoms with E-state index in [-0.39, 0.29) is 0 Å². The zero-order valence-corrected chi connectivity index (χ0v) is 16.1. The van der Waals surface area contributed by atoms with E-state index < -0.39 is 5.91 Å². The number of carbonyl (C=O) groups excluding carboxylic acids is 1. The molecule has 2 heterocycles. The van der Waals surface area contributed by atoms with Gasteiger partial charge in [-0.2, -0.15) is 4.80 Å². The van der Waals surface area contributed by atoms with E-state index in [0.717, 1.165) is 10.5 Å². The second kappa shape index (κ2) is 7.11. The van der Waals surface area contributed by atoms with Crippen LogP contribution in [0.5, 0.6) is 0 Å². The van der Waals surface area contributed by atoms with Gasteiger partial charge in [-0.3, -0.25) is 4.79 Å². The lowest BCUT2D eigenvalue weighted by atomic mass is 10.3. The molecule has 2 N–H and O–H groups in total. The standard InChI is InChI=1S/C18H13Cl2N5OS/c19-12-5-1-3-7-14(12)23-9-17-24(16(10-27-17)18(21)26)25(22-11-23)15-8-4-2-6-13(15)20/h1-11H,(H2,21,26). The van der Waals surface area contributed by atoms with Crippen LogP contribution in [0.25, 0.3) is 16.2 Å². The first-order chi connectivity index (χ1) is 13.1. The predicted octanol–water partition coefficient (Wildman–Crippen LogP) is 4.51. The molecular formula is C18H13Cl2N5OS. The molecule has 0 aliphatic heterocycles.